The molecular formula is C23H25ClN4O2. The lowest BCUT2D eigenvalue weighted by Crippen LogP contribution is -2.13. The molecule has 7 heteroatoms. The number of rotatable bonds is 8. The second kappa shape index (κ2) is 10.1. The van der Waals surface area contributed by atoms with Gasteiger partial charge in [-0.1, -0.05) is 72.6 Å². The van der Waals surface area contributed by atoms with Crippen LogP contribution in [0.5, 0.6) is 0 Å². The molecule has 0 unspecified atom stereocenters. The molecule has 0 spiro atoms. The molecule has 0 aliphatic heterocycles. The summed E-state index contributed by atoms with van der Waals surface area (Å²) in [5, 5.41) is 11.5. The number of halogens is 1. The number of nitrogens with one attached hydrogen (secondary N) is 1. The van der Waals surface area contributed by atoms with Gasteiger partial charge in [0.1, 0.15) is 11.8 Å². The molecule has 0 atom stereocenters. The first-order valence-electron chi connectivity index (χ1n) is 9.86. The van der Waals surface area contributed by atoms with Gasteiger partial charge in [-0.05, 0) is 30.5 Å². The maximum Gasteiger partial charge on any atom is 0.260 e. The van der Waals surface area contributed by atoms with Crippen LogP contribution < -0.4 is 5.32 Å². The summed E-state index contributed by atoms with van der Waals surface area (Å²) in [6.07, 6.45) is 3.76. The largest absolute Gasteiger partial charge is 0.396 e. The fourth-order valence-corrected chi connectivity index (χ4v) is 3.29. The zero-order valence-electron chi connectivity index (χ0n) is 17.4. The van der Waals surface area contributed by atoms with E-state index in [0.717, 1.165) is 29.5 Å². The van der Waals surface area contributed by atoms with Crippen molar-refractivity contribution in [3.63, 3.8) is 0 Å². The summed E-state index contributed by atoms with van der Waals surface area (Å²) in [5.74, 6) is -0.286. The predicted octanol–water partition coefficient (Wildman–Crippen LogP) is 5.45. The molecule has 30 heavy (non-hydrogen) atoms. The fraction of sp³-hybridized carbons (Fsp3) is 0.261. The molecule has 0 bridgehead atoms. The lowest BCUT2D eigenvalue weighted by Gasteiger charge is -2.11. The highest BCUT2D eigenvalue weighted by molar-refractivity contribution is 6.33. The zero-order valence-corrected chi connectivity index (χ0v) is 18.1. The van der Waals surface area contributed by atoms with Crippen LogP contribution in [0, 0.1) is 6.92 Å². The van der Waals surface area contributed by atoms with Crippen molar-refractivity contribution in [2.75, 3.05) is 11.9 Å². The minimum absolute atomic E-state index is 0.286. The van der Waals surface area contributed by atoms with E-state index in [2.05, 4.69) is 22.5 Å². The van der Waals surface area contributed by atoms with Crippen LogP contribution >= 0.6 is 11.6 Å². The first kappa shape index (κ1) is 21.6. The van der Waals surface area contributed by atoms with Gasteiger partial charge >= 0.3 is 0 Å². The topological polar surface area (TPSA) is 68.5 Å². The Hall–Kier alpha value is -3.12. The molecule has 3 aromatic rings. The van der Waals surface area contributed by atoms with Gasteiger partial charge in [-0.15, -0.1) is 0 Å². The van der Waals surface area contributed by atoms with Gasteiger partial charge < -0.3 is 10.2 Å². The lowest BCUT2D eigenvalue weighted by atomic mass is 10.0. The van der Waals surface area contributed by atoms with Crippen LogP contribution in [0.1, 0.15) is 41.4 Å². The molecule has 0 saturated heterocycles. The van der Waals surface area contributed by atoms with E-state index in [4.69, 9.17) is 16.4 Å². The Bertz CT molecular complexity index is 1040. The van der Waals surface area contributed by atoms with Crippen LogP contribution in [-0.4, -0.2) is 28.5 Å². The standard InChI is InChI=1S/C23H25ClN4O2/c1-4-5-14-30-25-15-17-10-12-18(13-11-17)19-8-6-7-9-20(19)26-23(29)21-16(2)27-28(3)22(21)24/h6-13,15H,4-5,14H2,1-3H3,(H,26,29). The summed E-state index contributed by atoms with van der Waals surface area (Å²) in [6, 6.07) is 15.5. The summed E-state index contributed by atoms with van der Waals surface area (Å²) in [7, 11) is 1.71. The van der Waals surface area contributed by atoms with Crippen molar-refractivity contribution in [3.05, 3.63) is 70.5 Å². The molecule has 6 nitrogen and oxygen atoms in total. The van der Waals surface area contributed by atoms with Crippen LogP contribution in [0.25, 0.3) is 11.1 Å². The van der Waals surface area contributed by atoms with Crippen molar-refractivity contribution in [3.8, 4) is 11.1 Å². The maximum absolute atomic E-state index is 12.8. The molecule has 156 valence electrons. The summed E-state index contributed by atoms with van der Waals surface area (Å²) in [5.41, 5.74) is 4.49. The van der Waals surface area contributed by atoms with E-state index in [1.54, 1.807) is 20.2 Å². The smallest absolute Gasteiger partial charge is 0.260 e. The molecule has 0 fully saturated rings. The first-order chi connectivity index (χ1) is 14.5. The van der Waals surface area contributed by atoms with Gasteiger partial charge in [-0.2, -0.15) is 5.10 Å². The Morgan fingerprint density at radius 2 is 1.97 bits per heavy atom. The summed E-state index contributed by atoms with van der Waals surface area (Å²) >= 11 is 6.24. The minimum atomic E-state index is -0.286. The summed E-state index contributed by atoms with van der Waals surface area (Å²) in [4.78, 5) is 18.0. The highest BCUT2D eigenvalue weighted by Gasteiger charge is 2.20. The Balaban J connectivity index is 1.77. The molecule has 0 saturated carbocycles. The predicted molar refractivity (Wildman–Crippen MR) is 121 cm³/mol. The molecule has 1 heterocycles. The average Bonchev–Trinajstić information content (AvgIpc) is 3.00. The number of unbranched alkanes of at least 4 members (excludes halogenated alkanes) is 1. The maximum atomic E-state index is 12.8. The van der Waals surface area contributed by atoms with E-state index in [0.29, 0.717) is 28.7 Å². The van der Waals surface area contributed by atoms with E-state index < -0.39 is 0 Å². The second-order valence-corrected chi connectivity index (χ2v) is 7.28. The Morgan fingerprint density at radius 1 is 1.23 bits per heavy atom. The van der Waals surface area contributed by atoms with Crippen LogP contribution in [0.4, 0.5) is 5.69 Å². The molecule has 1 amide bonds. The van der Waals surface area contributed by atoms with Gasteiger partial charge in [0.05, 0.1) is 17.5 Å². The van der Waals surface area contributed by atoms with Gasteiger partial charge in [0.25, 0.3) is 5.91 Å². The third kappa shape index (κ3) is 5.07. The normalized spacial score (nSPS) is 11.1. The fourth-order valence-electron chi connectivity index (χ4n) is 3.03. The van der Waals surface area contributed by atoms with Crippen molar-refractivity contribution in [2.24, 2.45) is 12.2 Å². The number of aromatic nitrogens is 2. The van der Waals surface area contributed by atoms with Crippen LogP contribution in [-0.2, 0) is 11.9 Å². The van der Waals surface area contributed by atoms with E-state index in [-0.39, 0.29) is 5.91 Å². The minimum Gasteiger partial charge on any atom is -0.396 e. The summed E-state index contributed by atoms with van der Waals surface area (Å²) < 4.78 is 1.49. The number of para-hydroxylation sites is 1. The van der Waals surface area contributed by atoms with Gasteiger partial charge in [-0.3, -0.25) is 9.48 Å². The number of hydrogen-bond donors (Lipinski definition) is 1. The number of amides is 1. The van der Waals surface area contributed by atoms with Gasteiger partial charge in [0, 0.05) is 18.3 Å². The molecule has 0 radical (unpaired) electrons. The van der Waals surface area contributed by atoms with E-state index in [9.17, 15) is 4.79 Å². The monoisotopic (exact) mass is 424 g/mol. The SMILES string of the molecule is CCCCON=Cc1ccc(-c2ccccc2NC(=O)c2c(C)nn(C)c2Cl)cc1. The highest BCUT2D eigenvalue weighted by atomic mass is 35.5. The van der Waals surface area contributed by atoms with Crippen LogP contribution in [0.2, 0.25) is 5.15 Å². The number of hydrogen-bond acceptors (Lipinski definition) is 4. The van der Waals surface area contributed by atoms with Crippen molar-refractivity contribution >= 4 is 29.4 Å². The molecular weight excluding hydrogens is 400 g/mol. The van der Waals surface area contributed by atoms with E-state index in [1.807, 2.05) is 48.5 Å². The third-order valence-corrected chi connectivity index (χ3v) is 5.08. The average molecular weight is 425 g/mol. The van der Waals surface area contributed by atoms with Crippen LogP contribution in [0.15, 0.2) is 53.7 Å². The number of carbonyl (C=O) groups is 1. The second-order valence-electron chi connectivity index (χ2n) is 6.92. The Labute approximate surface area is 181 Å². The van der Waals surface area contributed by atoms with Gasteiger partial charge in [0.15, 0.2) is 0 Å². The first-order valence-corrected chi connectivity index (χ1v) is 10.2. The molecule has 1 N–H and O–H groups in total. The third-order valence-electron chi connectivity index (χ3n) is 4.64. The number of benzene rings is 2. The summed E-state index contributed by atoms with van der Waals surface area (Å²) in [6.45, 7) is 4.50. The highest BCUT2D eigenvalue weighted by Crippen LogP contribution is 2.29. The lowest BCUT2D eigenvalue weighted by molar-refractivity contribution is 0.102. The number of carbonyl (C=O) groups excluding carboxylic acids is 1. The molecule has 0 aliphatic rings. The van der Waals surface area contributed by atoms with Crippen molar-refractivity contribution < 1.29 is 9.63 Å². The molecule has 2 aromatic carbocycles. The van der Waals surface area contributed by atoms with Crippen molar-refractivity contribution in [2.45, 2.75) is 26.7 Å². The van der Waals surface area contributed by atoms with Gasteiger partial charge in [0.2, 0.25) is 0 Å². The molecule has 0 aliphatic carbocycles. The number of nitrogens with zero attached hydrogens (tertiary/aromatic N) is 3. The zero-order chi connectivity index (χ0) is 21.5. The molecule has 1 aromatic heterocycles. The number of aryl methyl sites for hydroxylation is 2. The van der Waals surface area contributed by atoms with E-state index in [1.165, 1.54) is 4.68 Å². The number of oxime groups is 1. The Morgan fingerprint density at radius 3 is 2.63 bits per heavy atom. The van der Waals surface area contributed by atoms with Crippen LogP contribution in [0.3, 0.4) is 0 Å². The quantitative estimate of drug-likeness (QED) is 0.297. The van der Waals surface area contributed by atoms with Crippen molar-refractivity contribution in [1.82, 2.24) is 9.78 Å². The van der Waals surface area contributed by atoms with Gasteiger partial charge in [-0.25, -0.2) is 0 Å². The Kier molecular flexibility index (Phi) is 7.25. The number of anilines is 1. The van der Waals surface area contributed by atoms with Crippen molar-refractivity contribution in [1.29, 1.82) is 0 Å². The van der Waals surface area contributed by atoms with E-state index >= 15 is 0 Å². The molecule has 3 rings (SSSR count).